The van der Waals surface area contributed by atoms with Gasteiger partial charge in [0.1, 0.15) is 6.04 Å². The van der Waals surface area contributed by atoms with Gasteiger partial charge >= 0.3 is 0 Å². The SMILES string of the molecule is O=C(NC1CCCCC1)C(c1ccccc1)N1CCc2ccccc2C1. The summed E-state index contributed by atoms with van der Waals surface area (Å²) in [5.41, 5.74) is 3.87. The van der Waals surface area contributed by atoms with E-state index in [1.165, 1.54) is 30.4 Å². The van der Waals surface area contributed by atoms with Gasteiger partial charge in [0, 0.05) is 19.1 Å². The molecule has 136 valence electrons. The van der Waals surface area contributed by atoms with Crippen LogP contribution in [0.3, 0.4) is 0 Å². The molecule has 0 radical (unpaired) electrons. The van der Waals surface area contributed by atoms with Crippen LogP contribution >= 0.6 is 0 Å². The maximum atomic E-state index is 13.3. The van der Waals surface area contributed by atoms with Crippen molar-refractivity contribution in [3.63, 3.8) is 0 Å². The minimum atomic E-state index is -0.202. The van der Waals surface area contributed by atoms with E-state index in [1.54, 1.807) is 0 Å². The highest BCUT2D eigenvalue weighted by molar-refractivity contribution is 5.83. The van der Waals surface area contributed by atoms with Gasteiger partial charge in [-0.2, -0.15) is 0 Å². The summed E-state index contributed by atoms with van der Waals surface area (Å²) in [5, 5.41) is 3.36. The minimum Gasteiger partial charge on any atom is -0.352 e. The van der Waals surface area contributed by atoms with Crippen LogP contribution in [-0.4, -0.2) is 23.4 Å². The Hall–Kier alpha value is -2.13. The van der Waals surface area contributed by atoms with Gasteiger partial charge in [-0.1, -0.05) is 73.9 Å². The van der Waals surface area contributed by atoms with E-state index in [1.807, 2.05) is 18.2 Å². The lowest BCUT2D eigenvalue weighted by atomic mass is 9.93. The summed E-state index contributed by atoms with van der Waals surface area (Å²) in [6.45, 7) is 1.77. The third-order valence-electron chi connectivity index (χ3n) is 5.84. The van der Waals surface area contributed by atoms with E-state index in [9.17, 15) is 4.79 Å². The molecular weight excluding hydrogens is 320 g/mol. The molecule has 0 spiro atoms. The lowest BCUT2D eigenvalue weighted by Gasteiger charge is -2.36. The van der Waals surface area contributed by atoms with Gasteiger partial charge in [0.05, 0.1) is 0 Å². The van der Waals surface area contributed by atoms with Gasteiger partial charge in [0.25, 0.3) is 0 Å². The fourth-order valence-corrected chi connectivity index (χ4v) is 4.43. The van der Waals surface area contributed by atoms with Crippen molar-refractivity contribution in [3.05, 3.63) is 71.3 Å². The van der Waals surface area contributed by atoms with Gasteiger partial charge in [-0.3, -0.25) is 9.69 Å². The molecule has 1 fully saturated rings. The second-order valence-corrected chi connectivity index (χ2v) is 7.65. The number of rotatable bonds is 4. The van der Waals surface area contributed by atoms with Crippen LogP contribution in [0.25, 0.3) is 0 Å². The first-order valence-corrected chi connectivity index (χ1v) is 9.97. The lowest BCUT2D eigenvalue weighted by Crippen LogP contribution is -2.46. The Labute approximate surface area is 156 Å². The molecule has 2 aromatic rings. The predicted octanol–water partition coefficient (Wildman–Crippen LogP) is 4.23. The van der Waals surface area contributed by atoms with Crippen molar-refractivity contribution in [3.8, 4) is 0 Å². The molecule has 26 heavy (non-hydrogen) atoms. The monoisotopic (exact) mass is 348 g/mol. The van der Waals surface area contributed by atoms with E-state index in [0.29, 0.717) is 6.04 Å². The van der Waals surface area contributed by atoms with Crippen molar-refractivity contribution >= 4 is 5.91 Å². The van der Waals surface area contributed by atoms with Gasteiger partial charge < -0.3 is 5.32 Å². The Kier molecular flexibility index (Phi) is 5.35. The molecule has 3 heteroatoms. The largest absolute Gasteiger partial charge is 0.352 e. The zero-order chi connectivity index (χ0) is 17.8. The van der Waals surface area contributed by atoms with E-state index in [4.69, 9.17) is 0 Å². The van der Waals surface area contributed by atoms with Gasteiger partial charge in [-0.15, -0.1) is 0 Å². The molecule has 1 atom stereocenters. The van der Waals surface area contributed by atoms with Crippen LogP contribution in [0.4, 0.5) is 0 Å². The number of carbonyl (C=O) groups is 1. The van der Waals surface area contributed by atoms with Crippen LogP contribution in [0.1, 0.15) is 54.8 Å². The molecule has 1 unspecified atom stereocenters. The fourth-order valence-electron chi connectivity index (χ4n) is 4.43. The average molecular weight is 348 g/mol. The summed E-state index contributed by atoms with van der Waals surface area (Å²) in [6, 6.07) is 19.0. The quantitative estimate of drug-likeness (QED) is 0.896. The normalized spacial score (nSPS) is 19.5. The van der Waals surface area contributed by atoms with Gasteiger partial charge in [0.2, 0.25) is 5.91 Å². The third kappa shape index (κ3) is 3.83. The summed E-state index contributed by atoms with van der Waals surface area (Å²) < 4.78 is 0. The lowest BCUT2D eigenvalue weighted by molar-refractivity contribution is -0.128. The molecule has 1 heterocycles. The van der Waals surface area contributed by atoms with Crippen LogP contribution in [0, 0.1) is 0 Å². The molecule has 3 nitrogen and oxygen atoms in total. The van der Waals surface area contributed by atoms with Crippen molar-refractivity contribution in [1.29, 1.82) is 0 Å². The number of hydrogen-bond donors (Lipinski definition) is 1. The van der Waals surface area contributed by atoms with Gasteiger partial charge in [-0.05, 0) is 36.0 Å². The maximum Gasteiger partial charge on any atom is 0.242 e. The second kappa shape index (κ2) is 8.05. The number of fused-ring (bicyclic) bond motifs is 1. The standard InChI is InChI=1S/C23H28N2O/c26-23(24-21-13-5-2-6-14-21)22(19-10-3-1-4-11-19)25-16-15-18-9-7-8-12-20(18)17-25/h1,3-4,7-12,21-22H,2,5-6,13-17H2,(H,24,26). The number of hydrogen-bond acceptors (Lipinski definition) is 2. The van der Waals surface area contributed by atoms with Crippen LogP contribution in [0.15, 0.2) is 54.6 Å². The Morgan fingerprint density at radius 3 is 2.38 bits per heavy atom. The molecule has 1 N–H and O–H groups in total. The highest BCUT2D eigenvalue weighted by Crippen LogP contribution is 2.29. The first-order chi connectivity index (χ1) is 12.8. The highest BCUT2D eigenvalue weighted by atomic mass is 16.2. The smallest absolute Gasteiger partial charge is 0.242 e. The molecule has 0 saturated heterocycles. The first-order valence-electron chi connectivity index (χ1n) is 9.97. The van der Waals surface area contributed by atoms with Crippen LogP contribution in [0.2, 0.25) is 0 Å². The second-order valence-electron chi connectivity index (χ2n) is 7.65. The Balaban J connectivity index is 1.56. The molecule has 1 amide bonds. The fraction of sp³-hybridized carbons (Fsp3) is 0.435. The first kappa shape index (κ1) is 17.3. The number of nitrogens with zero attached hydrogens (tertiary/aromatic N) is 1. The number of benzene rings is 2. The molecule has 1 saturated carbocycles. The van der Waals surface area contributed by atoms with E-state index in [0.717, 1.165) is 37.9 Å². The summed E-state index contributed by atoms with van der Waals surface area (Å²) in [7, 11) is 0. The van der Waals surface area contributed by atoms with Crippen LogP contribution in [-0.2, 0) is 17.8 Å². The zero-order valence-corrected chi connectivity index (χ0v) is 15.4. The van der Waals surface area contributed by atoms with Crippen molar-refractivity contribution in [2.24, 2.45) is 0 Å². The van der Waals surface area contributed by atoms with Crippen LogP contribution < -0.4 is 5.32 Å². The third-order valence-corrected chi connectivity index (χ3v) is 5.84. The van der Waals surface area contributed by atoms with Crippen LogP contribution in [0.5, 0.6) is 0 Å². The van der Waals surface area contributed by atoms with Crippen molar-refractivity contribution in [2.75, 3.05) is 6.54 Å². The highest BCUT2D eigenvalue weighted by Gasteiger charge is 2.31. The summed E-state index contributed by atoms with van der Waals surface area (Å²) in [4.78, 5) is 15.6. The molecule has 2 aliphatic rings. The molecule has 4 rings (SSSR count). The predicted molar refractivity (Wildman–Crippen MR) is 105 cm³/mol. The molecule has 0 aromatic heterocycles. The van der Waals surface area contributed by atoms with E-state index < -0.39 is 0 Å². The Bertz CT molecular complexity index is 737. The maximum absolute atomic E-state index is 13.3. The minimum absolute atomic E-state index is 0.169. The Morgan fingerprint density at radius 2 is 1.62 bits per heavy atom. The average Bonchev–Trinajstić information content (AvgIpc) is 2.70. The van der Waals surface area contributed by atoms with Gasteiger partial charge in [-0.25, -0.2) is 0 Å². The van der Waals surface area contributed by atoms with Gasteiger partial charge in [0.15, 0.2) is 0 Å². The number of amides is 1. The summed E-state index contributed by atoms with van der Waals surface area (Å²) >= 11 is 0. The molecule has 2 aromatic carbocycles. The van der Waals surface area contributed by atoms with E-state index >= 15 is 0 Å². The number of carbonyl (C=O) groups excluding carboxylic acids is 1. The summed E-state index contributed by atoms with van der Waals surface area (Å²) in [6.07, 6.45) is 7.02. The molecular formula is C23H28N2O. The molecule has 1 aliphatic heterocycles. The van der Waals surface area contributed by atoms with Crippen molar-refractivity contribution in [2.45, 2.75) is 57.2 Å². The zero-order valence-electron chi connectivity index (χ0n) is 15.4. The topological polar surface area (TPSA) is 32.3 Å². The summed E-state index contributed by atoms with van der Waals surface area (Å²) in [5.74, 6) is 0.169. The molecule has 1 aliphatic carbocycles. The van der Waals surface area contributed by atoms with Crippen molar-refractivity contribution < 1.29 is 4.79 Å². The van der Waals surface area contributed by atoms with E-state index in [-0.39, 0.29) is 11.9 Å². The Morgan fingerprint density at radius 1 is 0.923 bits per heavy atom. The number of nitrogens with one attached hydrogen (secondary N) is 1. The van der Waals surface area contributed by atoms with Crippen molar-refractivity contribution in [1.82, 2.24) is 10.2 Å². The van der Waals surface area contributed by atoms with E-state index in [2.05, 4.69) is 46.6 Å². The molecule has 0 bridgehead atoms.